The maximum absolute atomic E-state index is 10.6. The van der Waals surface area contributed by atoms with Crippen molar-refractivity contribution >= 4 is 17.0 Å². The molecule has 2 heterocycles. The smallest absolute Gasteiger partial charge is 0.149 e. The van der Waals surface area contributed by atoms with Crippen LogP contribution in [0, 0.1) is 6.92 Å². The van der Waals surface area contributed by atoms with Gasteiger partial charge in [0, 0.05) is 30.4 Å². The summed E-state index contributed by atoms with van der Waals surface area (Å²) in [5.74, 6) is 0.232. The largest absolute Gasteiger partial charge is 0.505 e. The van der Waals surface area contributed by atoms with Crippen molar-refractivity contribution in [3.63, 3.8) is 0 Å². The summed E-state index contributed by atoms with van der Waals surface area (Å²) in [6, 6.07) is 6.15. The number of phenols is 1. The van der Waals surface area contributed by atoms with Gasteiger partial charge in [0.2, 0.25) is 0 Å². The standard InChI is InChI=1S/C22H20N2O/c1-15-14-17(22(25)21-18(15)7-5-12-23-21)10-9-16-11-13-24(2)20-8-4-3-6-19(16)20/h3-14,20,25H,1-2H3/b10-9+. The van der Waals surface area contributed by atoms with Crippen molar-refractivity contribution in [1.29, 1.82) is 0 Å². The fourth-order valence-corrected chi connectivity index (χ4v) is 3.43. The molecule has 0 radical (unpaired) electrons. The topological polar surface area (TPSA) is 36.4 Å². The summed E-state index contributed by atoms with van der Waals surface area (Å²) in [7, 11) is 2.08. The van der Waals surface area contributed by atoms with Crippen LogP contribution in [0.25, 0.3) is 17.0 Å². The van der Waals surface area contributed by atoms with Crippen molar-refractivity contribution in [2.24, 2.45) is 0 Å². The first-order chi connectivity index (χ1) is 12.1. The fourth-order valence-electron chi connectivity index (χ4n) is 3.43. The summed E-state index contributed by atoms with van der Waals surface area (Å²) in [4.78, 5) is 6.52. The molecule has 0 spiro atoms. The quantitative estimate of drug-likeness (QED) is 0.881. The van der Waals surface area contributed by atoms with Crippen molar-refractivity contribution < 1.29 is 5.11 Å². The Bertz CT molecular complexity index is 992. The summed E-state index contributed by atoms with van der Waals surface area (Å²) < 4.78 is 0. The van der Waals surface area contributed by atoms with Gasteiger partial charge in [-0.1, -0.05) is 42.5 Å². The first-order valence-corrected chi connectivity index (χ1v) is 8.40. The lowest BCUT2D eigenvalue weighted by molar-refractivity contribution is 0.420. The van der Waals surface area contributed by atoms with Crippen LogP contribution in [-0.2, 0) is 0 Å². The highest BCUT2D eigenvalue weighted by molar-refractivity contribution is 5.90. The first kappa shape index (κ1) is 15.5. The van der Waals surface area contributed by atoms with Gasteiger partial charge in [0.05, 0.1) is 6.04 Å². The van der Waals surface area contributed by atoms with Crippen molar-refractivity contribution in [2.45, 2.75) is 13.0 Å². The van der Waals surface area contributed by atoms with Gasteiger partial charge in [0.1, 0.15) is 11.3 Å². The molecule has 1 aromatic heterocycles. The SMILES string of the molecule is Cc1cc(/C=C/C2=C3C=CC=CC3N(C)C=C2)c(O)c2ncccc12. The normalized spacial score (nSPS) is 19.3. The molecule has 0 fully saturated rings. The predicted molar refractivity (Wildman–Crippen MR) is 103 cm³/mol. The highest BCUT2D eigenvalue weighted by Crippen LogP contribution is 2.32. The lowest BCUT2D eigenvalue weighted by Gasteiger charge is -2.31. The van der Waals surface area contributed by atoms with Gasteiger partial charge >= 0.3 is 0 Å². The molecule has 25 heavy (non-hydrogen) atoms. The van der Waals surface area contributed by atoms with Crippen molar-refractivity contribution in [2.75, 3.05) is 7.05 Å². The molecule has 1 atom stereocenters. The van der Waals surface area contributed by atoms with E-state index in [4.69, 9.17) is 0 Å². The molecule has 1 N–H and O–H groups in total. The number of allylic oxidation sites excluding steroid dienone is 5. The average molecular weight is 328 g/mol. The van der Waals surface area contributed by atoms with E-state index < -0.39 is 0 Å². The molecule has 1 unspecified atom stereocenters. The zero-order valence-electron chi connectivity index (χ0n) is 14.3. The highest BCUT2D eigenvalue weighted by Gasteiger charge is 2.19. The van der Waals surface area contributed by atoms with Gasteiger partial charge in [-0.25, -0.2) is 0 Å². The minimum absolute atomic E-state index is 0.232. The minimum atomic E-state index is 0.232. The van der Waals surface area contributed by atoms with Gasteiger partial charge in [0.15, 0.2) is 0 Å². The molecule has 1 aliphatic heterocycles. The van der Waals surface area contributed by atoms with E-state index in [0.29, 0.717) is 5.52 Å². The second-order valence-electron chi connectivity index (χ2n) is 6.44. The Hall–Kier alpha value is -3.07. The van der Waals surface area contributed by atoms with Crippen molar-refractivity contribution in [3.8, 4) is 5.75 Å². The molecule has 4 rings (SSSR count). The third kappa shape index (κ3) is 2.68. The van der Waals surface area contributed by atoms with E-state index in [1.165, 1.54) is 5.57 Å². The van der Waals surface area contributed by atoms with Gasteiger partial charge in [0.25, 0.3) is 0 Å². The molecule has 1 aromatic carbocycles. The zero-order valence-corrected chi connectivity index (χ0v) is 14.3. The van der Waals surface area contributed by atoms with Crippen LogP contribution in [0.15, 0.2) is 78.2 Å². The van der Waals surface area contributed by atoms with E-state index in [1.54, 1.807) is 6.20 Å². The Morgan fingerprint density at radius 1 is 1.20 bits per heavy atom. The van der Waals surface area contributed by atoms with Crippen molar-refractivity contribution in [1.82, 2.24) is 9.88 Å². The van der Waals surface area contributed by atoms with Crippen LogP contribution in [0.2, 0.25) is 0 Å². The van der Waals surface area contributed by atoms with Crippen LogP contribution in [-0.4, -0.2) is 28.1 Å². The second kappa shape index (κ2) is 6.10. The lowest BCUT2D eigenvalue weighted by atomic mass is 9.92. The number of pyridine rings is 1. The van der Waals surface area contributed by atoms with Crippen LogP contribution in [0.1, 0.15) is 11.1 Å². The van der Waals surface area contributed by atoms with Gasteiger partial charge in [-0.3, -0.25) is 4.98 Å². The molecule has 1 aliphatic carbocycles. The zero-order chi connectivity index (χ0) is 17.4. The van der Waals surface area contributed by atoms with Crippen LogP contribution in [0.5, 0.6) is 5.75 Å². The first-order valence-electron chi connectivity index (χ1n) is 8.40. The van der Waals surface area contributed by atoms with Gasteiger partial charge in [-0.2, -0.15) is 0 Å². The van der Waals surface area contributed by atoms with Gasteiger partial charge < -0.3 is 10.0 Å². The Kier molecular flexibility index (Phi) is 3.77. The van der Waals surface area contributed by atoms with Crippen LogP contribution < -0.4 is 0 Å². The van der Waals surface area contributed by atoms with E-state index in [9.17, 15) is 5.11 Å². The molecular weight excluding hydrogens is 308 g/mol. The van der Waals surface area contributed by atoms with Crippen LogP contribution in [0.4, 0.5) is 0 Å². The van der Waals surface area contributed by atoms with E-state index in [2.05, 4.69) is 59.6 Å². The number of phenolic OH excluding ortho intramolecular Hbond substituents is 1. The van der Waals surface area contributed by atoms with Crippen LogP contribution >= 0.6 is 0 Å². The van der Waals surface area contributed by atoms with E-state index in [1.807, 2.05) is 31.2 Å². The molecule has 0 saturated heterocycles. The number of aromatic nitrogens is 1. The summed E-state index contributed by atoms with van der Waals surface area (Å²) in [5.41, 5.74) is 4.96. The number of rotatable bonds is 2. The number of hydrogen-bond donors (Lipinski definition) is 1. The molecule has 2 aliphatic rings. The van der Waals surface area contributed by atoms with Gasteiger partial charge in [-0.15, -0.1) is 0 Å². The lowest BCUT2D eigenvalue weighted by Crippen LogP contribution is -2.30. The Morgan fingerprint density at radius 3 is 2.96 bits per heavy atom. The number of benzene rings is 1. The Morgan fingerprint density at radius 2 is 2.08 bits per heavy atom. The number of hydrogen-bond acceptors (Lipinski definition) is 3. The van der Waals surface area contributed by atoms with E-state index >= 15 is 0 Å². The summed E-state index contributed by atoms with van der Waals surface area (Å²) >= 11 is 0. The molecule has 2 aromatic rings. The number of aryl methyl sites for hydroxylation is 1. The minimum Gasteiger partial charge on any atom is -0.505 e. The predicted octanol–water partition coefficient (Wildman–Crippen LogP) is 4.51. The number of fused-ring (bicyclic) bond motifs is 2. The number of likely N-dealkylation sites (N-methyl/N-ethyl adjacent to an activating group) is 1. The summed E-state index contributed by atoms with van der Waals surface area (Å²) in [6.45, 7) is 2.04. The van der Waals surface area contributed by atoms with Crippen molar-refractivity contribution in [3.05, 3.63) is 89.3 Å². The third-order valence-electron chi connectivity index (χ3n) is 4.81. The average Bonchev–Trinajstić information content (AvgIpc) is 2.65. The maximum atomic E-state index is 10.6. The van der Waals surface area contributed by atoms with Crippen LogP contribution in [0.3, 0.4) is 0 Å². The molecule has 0 amide bonds. The number of aromatic hydroxyl groups is 1. The number of nitrogens with zero attached hydrogens (tertiary/aromatic N) is 2. The monoisotopic (exact) mass is 328 g/mol. The maximum Gasteiger partial charge on any atom is 0.149 e. The highest BCUT2D eigenvalue weighted by atomic mass is 16.3. The molecule has 0 saturated carbocycles. The molecule has 3 heteroatoms. The Balaban J connectivity index is 1.77. The molecule has 3 nitrogen and oxygen atoms in total. The molecule has 0 bridgehead atoms. The molecule has 124 valence electrons. The molecular formula is C22H20N2O. The summed E-state index contributed by atoms with van der Waals surface area (Å²) in [6.07, 6.45) is 18.4. The third-order valence-corrected chi connectivity index (χ3v) is 4.81. The Labute approximate surface area is 147 Å². The van der Waals surface area contributed by atoms with E-state index in [-0.39, 0.29) is 11.8 Å². The van der Waals surface area contributed by atoms with E-state index in [0.717, 1.165) is 22.1 Å². The fraction of sp³-hybridized carbons (Fsp3) is 0.136. The second-order valence-corrected chi connectivity index (χ2v) is 6.44. The van der Waals surface area contributed by atoms with Gasteiger partial charge in [-0.05, 0) is 41.8 Å². The summed E-state index contributed by atoms with van der Waals surface area (Å²) in [5, 5.41) is 11.6.